The minimum Gasteiger partial charge on any atom is -0.441 e. The monoisotopic (exact) mass is 331 g/mol. The number of oxazole rings is 1. The summed E-state index contributed by atoms with van der Waals surface area (Å²) in [5.74, 6) is 0.603. The number of hydrogen-bond donors (Lipinski definition) is 0. The highest BCUT2D eigenvalue weighted by atomic mass is 79.9. The molecule has 3 rings (SSSR count). The lowest BCUT2D eigenvalue weighted by molar-refractivity contribution is 0.0735. The zero-order valence-corrected chi connectivity index (χ0v) is 12.2. The van der Waals surface area contributed by atoms with Crippen LogP contribution in [0, 0.1) is 6.92 Å². The van der Waals surface area contributed by atoms with E-state index in [-0.39, 0.29) is 0 Å². The number of hydrogen-bond acceptors (Lipinski definition) is 4. The summed E-state index contributed by atoms with van der Waals surface area (Å²) >= 11 is 3.32. The Morgan fingerprint density at radius 3 is 2.70 bits per heavy atom. The van der Waals surface area contributed by atoms with Crippen molar-refractivity contribution in [3.63, 3.8) is 0 Å². The van der Waals surface area contributed by atoms with Crippen LogP contribution in [-0.2, 0) is 0 Å². The van der Waals surface area contributed by atoms with Gasteiger partial charge in [-0.1, -0.05) is 15.9 Å². The number of halogens is 1. The molecule has 100 valence electrons. The van der Waals surface area contributed by atoms with Crippen molar-refractivity contribution in [1.82, 2.24) is 4.98 Å². The summed E-state index contributed by atoms with van der Waals surface area (Å²) in [6, 6.07) is 12.1. The second kappa shape index (κ2) is 5.09. The molecule has 0 spiro atoms. The lowest BCUT2D eigenvalue weighted by atomic mass is 10.2. The molecule has 5 heteroatoms. The lowest BCUT2D eigenvalue weighted by Crippen LogP contribution is -2.08. The molecule has 0 bridgehead atoms. The molecule has 1 heterocycles. The van der Waals surface area contributed by atoms with E-state index in [2.05, 4.69) is 20.9 Å². The summed E-state index contributed by atoms with van der Waals surface area (Å²) < 4.78 is 11.6. The maximum absolute atomic E-state index is 12.0. The molecule has 0 saturated carbocycles. The maximum Gasteiger partial charge on any atom is 0.343 e. The normalized spacial score (nSPS) is 10.7. The van der Waals surface area contributed by atoms with Gasteiger partial charge in [-0.05, 0) is 36.4 Å². The molecule has 0 aliphatic heterocycles. The van der Waals surface area contributed by atoms with Crippen LogP contribution in [0.1, 0.15) is 16.2 Å². The van der Waals surface area contributed by atoms with Crippen molar-refractivity contribution in [3.05, 3.63) is 58.4 Å². The fourth-order valence-corrected chi connectivity index (χ4v) is 2.10. The lowest BCUT2D eigenvalue weighted by Gasteiger charge is -2.04. The number of esters is 1. The summed E-state index contributed by atoms with van der Waals surface area (Å²) in [5, 5.41) is 0. The number of fused-ring (bicyclic) bond motifs is 1. The summed E-state index contributed by atoms with van der Waals surface area (Å²) in [6.07, 6.45) is 0. The van der Waals surface area contributed by atoms with Crippen LogP contribution >= 0.6 is 15.9 Å². The zero-order chi connectivity index (χ0) is 14.1. The van der Waals surface area contributed by atoms with E-state index < -0.39 is 5.97 Å². The number of aryl methyl sites for hydroxylation is 1. The second-order valence-corrected chi connectivity index (χ2v) is 5.17. The third-order valence-electron chi connectivity index (χ3n) is 2.76. The SMILES string of the molecule is Cc1nc2ccc(OC(=O)c3ccc(Br)cc3)cc2o1. The maximum atomic E-state index is 12.0. The molecule has 0 unspecified atom stereocenters. The number of benzene rings is 2. The van der Waals surface area contributed by atoms with Crippen LogP contribution in [0.25, 0.3) is 11.1 Å². The summed E-state index contributed by atoms with van der Waals surface area (Å²) in [4.78, 5) is 16.2. The van der Waals surface area contributed by atoms with E-state index in [0.717, 1.165) is 9.99 Å². The van der Waals surface area contributed by atoms with E-state index in [1.165, 1.54) is 0 Å². The second-order valence-electron chi connectivity index (χ2n) is 4.26. The van der Waals surface area contributed by atoms with Gasteiger partial charge in [0.1, 0.15) is 11.3 Å². The van der Waals surface area contributed by atoms with Gasteiger partial charge >= 0.3 is 5.97 Å². The molecule has 1 aromatic heterocycles. The third kappa shape index (κ3) is 2.58. The van der Waals surface area contributed by atoms with E-state index in [4.69, 9.17) is 9.15 Å². The van der Waals surface area contributed by atoms with Gasteiger partial charge in [-0.3, -0.25) is 0 Å². The molecule has 4 nitrogen and oxygen atoms in total. The number of ether oxygens (including phenoxy) is 1. The molecule has 0 radical (unpaired) electrons. The van der Waals surface area contributed by atoms with E-state index in [1.54, 1.807) is 49.4 Å². The smallest absolute Gasteiger partial charge is 0.343 e. The Balaban J connectivity index is 1.84. The number of nitrogens with zero attached hydrogens (tertiary/aromatic N) is 1. The Morgan fingerprint density at radius 2 is 1.95 bits per heavy atom. The molecular formula is C15H10BrNO3. The van der Waals surface area contributed by atoms with E-state index in [1.807, 2.05) is 0 Å². The van der Waals surface area contributed by atoms with Gasteiger partial charge in [0.2, 0.25) is 0 Å². The molecular weight excluding hydrogens is 322 g/mol. The average molecular weight is 332 g/mol. The van der Waals surface area contributed by atoms with Crippen LogP contribution in [0.2, 0.25) is 0 Å². The summed E-state index contributed by atoms with van der Waals surface area (Å²) in [6.45, 7) is 1.77. The Kier molecular flexibility index (Phi) is 3.28. The Bertz CT molecular complexity index is 777. The molecule has 3 aromatic rings. The predicted octanol–water partition coefficient (Wildman–Crippen LogP) is 4.12. The Hall–Kier alpha value is -2.14. The highest BCUT2D eigenvalue weighted by Gasteiger charge is 2.10. The van der Waals surface area contributed by atoms with Crippen molar-refractivity contribution in [2.24, 2.45) is 0 Å². The van der Waals surface area contributed by atoms with Gasteiger partial charge in [-0.15, -0.1) is 0 Å². The summed E-state index contributed by atoms with van der Waals surface area (Å²) in [5.41, 5.74) is 1.83. The first kappa shape index (κ1) is 12.9. The van der Waals surface area contributed by atoms with Crippen molar-refractivity contribution < 1.29 is 13.9 Å². The molecule has 0 atom stereocenters. The molecule has 0 aliphatic carbocycles. The number of rotatable bonds is 2. The topological polar surface area (TPSA) is 52.3 Å². The number of carbonyl (C=O) groups excluding carboxylic acids is 1. The molecule has 0 fully saturated rings. The van der Waals surface area contributed by atoms with Crippen molar-refractivity contribution in [1.29, 1.82) is 0 Å². The van der Waals surface area contributed by atoms with Crippen LogP contribution in [-0.4, -0.2) is 11.0 Å². The number of carbonyl (C=O) groups is 1. The van der Waals surface area contributed by atoms with Gasteiger partial charge in [0.15, 0.2) is 11.5 Å². The minimum atomic E-state index is -0.409. The van der Waals surface area contributed by atoms with E-state index in [0.29, 0.717) is 22.8 Å². The van der Waals surface area contributed by atoms with Crippen LogP contribution in [0.5, 0.6) is 5.75 Å². The fraction of sp³-hybridized carbons (Fsp3) is 0.0667. The van der Waals surface area contributed by atoms with Crippen LogP contribution < -0.4 is 4.74 Å². The third-order valence-corrected chi connectivity index (χ3v) is 3.29. The molecule has 20 heavy (non-hydrogen) atoms. The molecule has 2 aromatic carbocycles. The van der Waals surface area contributed by atoms with Gasteiger partial charge in [-0.2, -0.15) is 0 Å². The first-order chi connectivity index (χ1) is 9.61. The Labute approximate surface area is 123 Å². The van der Waals surface area contributed by atoms with Gasteiger partial charge < -0.3 is 9.15 Å². The van der Waals surface area contributed by atoms with E-state index in [9.17, 15) is 4.79 Å². The van der Waals surface area contributed by atoms with Crippen LogP contribution in [0.15, 0.2) is 51.4 Å². The minimum absolute atomic E-state index is 0.409. The standard InChI is InChI=1S/C15H10BrNO3/c1-9-17-13-7-6-12(8-14(13)19-9)20-15(18)10-2-4-11(16)5-3-10/h2-8H,1H3. The van der Waals surface area contributed by atoms with Crippen molar-refractivity contribution >= 4 is 33.0 Å². The fourth-order valence-electron chi connectivity index (χ4n) is 1.84. The highest BCUT2D eigenvalue weighted by Crippen LogP contribution is 2.22. The highest BCUT2D eigenvalue weighted by molar-refractivity contribution is 9.10. The molecule has 0 aliphatic rings. The quantitative estimate of drug-likeness (QED) is 0.523. The first-order valence-electron chi connectivity index (χ1n) is 5.97. The van der Waals surface area contributed by atoms with Crippen LogP contribution in [0.3, 0.4) is 0 Å². The zero-order valence-electron chi connectivity index (χ0n) is 10.6. The van der Waals surface area contributed by atoms with Crippen LogP contribution in [0.4, 0.5) is 0 Å². The Morgan fingerprint density at radius 1 is 1.20 bits per heavy atom. The van der Waals surface area contributed by atoms with Gasteiger partial charge in [0.25, 0.3) is 0 Å². The molecule has 0 amide bonds. The van der Waals surface area contributed by atoms with Gasteiger partial charge in [0, 0.05) is 17.5 Å². The van der Waals surface area contributed by atoms with Crippen molar-refractivity contribution in [3.8, 4) is 5.75 Å². The average Bonchev–Trinajstić information content (AvgIpc) is 2.78. The number of aromatic nitrogens is 1. The predicted molar refractivity (Wildman–Crippen MR) is 77.8 cm³/mol. The summed E-state index contributed by atoms with van der Waals surface area (Å²) in [7, 11) is 0. The van der Waals surface area contributed by atoms with Gasteiger partial charge in [0.05, 0.1) is 5.56 Å². The molecule has 0 saturated heterocycles. The van der Waals surface area contributed by atoms with E-state index >= 15 is 0 Å². The first-order valence-corrected chi connectivity index (χ1v) is 6.76. The molecule has 0 N–H and O–H groups in total. The largest absolute Gasteiger partial charge is 0.441 e. The van der Waals surface area contributed by atoms with Crippen molar-refractivity contribution in [2.75, 3.05) is 0 Å². The van der Waals surface area contributed by atoms with Gasteiger partial charge in [-0.25, -0.2) is 9.78 Å². The van der Waals surface area contributed by atoms with Crippen molar-refractivity contribution in [2.45, 2.75) is 6.92 Å².